The lowest BCUT2D eigenvalue weighted by molar-refractivity contribution is -0.161. The number of unbranched alkanes of at least 4 members (excludes halogenated alkanes) is 33. The van der Waals surface area contributed by atoms with Crippen molar-refractivity contribution in [2.75, 3.05) is 39.6 Å². The molecule has 0 aliphatic rings. The van der Waals surface area contributed by atoms with E-state index in [0.29, 0.717) is 25.7 Å². The maximum atomic E-state index is 13.1. The minimum absolute atomic E-state index is 0.0767. The predicted molar refractivity (Wildman–Crippen MR) is 399 cm³/mol. The SMILES string of the molecule is CCCCC/C=C\C/C=C\CCCCCCCC(=O)OCC(COP(=O)(O)OCC(O)COP(=O)(O)OCC(COC(=O)CCCCCCC/C=C\C/C=C\CCCCC)OC(=O)CCCCCCC/C=C\CCCCCC)OC(=O)CCCCCCC/C=C\C/C=C\CCCCC. The Morgan fingerprint density at radius 2 is 0.500 bits per heavy atom. The molecule has 0 amide bonds. The van der Waals surface area contributed by atoms with Crippen LogP contribution in [0.5, 0.6) is 0 Å². The molecule has 5 unspecified atom stereocenters. The van der Waals surface area contributed by atoms with Gasteiger partial charge >= 0.3 is 39.5 Å². The van der Waals surface area contributed by atoms with E-state index < -0.39 is 97.5 Å². The molecule has 0 aliphatic heterocycles. The Hall–Kier alpha value is -3.76. The molecule has 0 rings (SSSR count). The Bertz CT molecular complexity index is 2190. The first-order valence-electron chi connectivity index (χ1n) is 38.8. The van der Waals surface area contributed by atoms with Crippen LogP contribution >= 0.6 is 15.6 Å². The summed E-state index contributed by atoms with van der Waals surface area (Å²) in [6.07, 6.45) is 72.7. The Kier molecular flexibility index (Phi) is 68.9. The lowest BCUT2D eigenvalue weighted by atomic mass is 10.1. The van der Waals surface area contributed by atoms with E-state index in [1.54, 1.807) is 0 Å². The number of phosphoric acid groups is 2. The highest BCUT2D eigenvalue weighted by Crippen LogP contribution is 2.45. The topological polar surface area (TPSA) is 237 Å². The van der Waals surface area contributed by atoms with Crippen molar-refractivity contribution < 1.29 is 80.2 Å². The molecule has 0 aromatic rings. The molecule has 3 N–H and O–H groups in total. The lowest BCUT2D eigenvalue weighted by Crippen LogP contribution is -2.30. The van der Waals surface area contributed by atoms with Gasteiger partial charge in [-0.05, 0) is 148 Å². The molecule has 0 aliphatic carbocycles. The number of carbonyl (C=O) groups is 4. The van der Waals surface area contributed by atoms with Gasteiger partial charge in [0.25, 0.3) is 0 Å². The summed E-state index contributed by atoms with van der Waals surface area (Å²) in [6, 6.07) is 0. The molecule has 5 atom stereocenters. The van der Waals surface area contributed by atoms with Crippen LogP contribution in [0.4, 0.5) is 0 Å². The summed E-state index contributed by atoms with van der Waals surface area (Å²) in [4.78, 5) is 72.9. The quantitative estimate of drug-likeness (QED) is 0.0169. The highest BCUT2D eigenvalue weighted by molar-refractivity contribution is 7.47. The maximum absolute atomic E-state index is 13.1. The van der Waals surface area contributed by atoms with E-state index in [4.69, 9.17) is 37.0 Å². The van der Waals surface area contributed by atoms with E-state index in [1.165, 1.54) is 83.5 Å². The van der Waals surface area contributed by atoms with E-state index in [9.17, 15) is 43.2 Å². The first-order valence-corrected chi connectivity index (χ1v) is 41.8. The summed E-state index contributed by atoms with van der Waals surface area (Å²) in [5.74, 6) is -2.21. The number of aliphatic hydroxyl groups excluding tert-OH is 1. The van der Waals surface area contributed by atoms with Gasteiger partial charge in [-0.2, -0.15) is 0 Å². The first kappa shape index (κ1) is 94.2. The van der Waals surface area contributed by atoms with E-state index in [1.807, 2.05) is 0 Å². The first-order chi connectivity index (χ1) is 47.7. The van der Waals surface area contributed by atoms with Gasteiger partial charge in [0.2, 0.25) is 0 Å². The second-order valence-electron chi connectivity index (χ2n) is 25.9. The largest absolute Gasteiger partial charge is 0.472 e. The summed E-state index contributed by atoms with van der Waals surface area (Å²) in [5.41, 5.74) is 0. The maximum Gasteiger partial charge on any atom is 0.472 e. The monoisotopic (exact) mass is 1420 g/mol. The van der Waals surface area contributed by atoms with Crippen LogP contribution in [0.25, 0.3) is 0 Å². The van der Waals surface area contributed by atoms with Gasteiger partial charge in [0.05, 0.1) is 26.4 Å². The van der Waals surface area contributed by atoms with E-state index in [-0.39, 0.29) is 25.7 Å². The third kappa shape index (κ3) is 70.7. The molecule has 0 radical (unpaired) electrons. The summed E-state index contributed by atoms with van der Waals surface area (Å²) in [6.45, 7) is 4.75. The number of allylic oxidation sites excluding steroid dienone is 14. The summed E-state index contributed by atoms with van der Waals surface area (Å²) in [5, 5.41) is 10.6. The highest BCUT2D eigenvalue weighted by atomic mass is 31.2. The van der Waals surface area contributed by atoms with Crippen LogP contribution in [0.15, 0.2) is 85.1 Å². The molecule has 0 heterocycles. The number of esters is 4. The molecule has 19 heteroatoms. The van der Waals surface area contributed by atoms with Crippen LogP contribution in [-0.4, -0.2) is 96.7 Å². The zero-order valence-electron chi connectivity index (χ0n) is 62.0. The molecule has 0 bridgehead atoms. The van der Waals surface area contributed by atoms with Crippen molar-refractivity contribution in [2.24, 2.45) is 0 Å². The molecule has 0 saturated carbocycles. The zero-order chi connectivity index (χ0) is 71.8. The molecule has 0 fully saturated rings. The Labute approximate surface area is 595 Å². The second kappa shape index (κ2) is 71.6. The number of hydrogen-bond donors (Lipinski definition) is 3. The Morgan fingerprint density at radius 1 is 0.286 bits per heavy atom. The van der Waals surface area contributed by atoms with Crippen molar-refractivity contribution in [1.82, 2.24) is 0 Å². The number of carbonyl (C=O) groups excluding carboxylic acids is 4. The Balaban J connectivity index is 5.37. The van der Waals surface area contributed by atoms with Gasteiger partial charge in [-0.1, -0.05) is 248 Å². The second-order valence-corrected chi connectivity index (χ2v) is 28.8. The van der Waals surface area contributed by atoms with Crippen LogP contribution in [0.1, 0.15) is 336 Å². The van der Waals surface area contributed by atoms with Gasteiger partial charge in [0.1, 0.15) is 19.3 Å². The number of phosphoric ester groups is 2. The Morgan fingerprint density at radius 3 is 0.786 bits per heavy atom. The predicted octanol–water partition coefficient (Wildman–Crippen LogP) is 22.2. The highest BCUT2D eigenvalue weighted by Gasteiger charge is 2.30. The average molecular weight is 1420 g/mol. The molecule has 568 valence electrons. The number of hydrogen-bond acceptors (Lipinski definition) is 15. The lowest BCUT2D eigenvalue weighted by Gasteiger charge is -2.21. The molecule has 17 nitrogen and oxygen atoms in total. The minimum Gasteiger partial charge on any atom is -0.462 e. The van der Waals surface area contributed by atoms with Crippen molar-refractivity contribution in [3.05, 3.63) is 85.1 Å². The number of ether oxygens (including phenoxy) is 4. The van der Waals surface area contributed by atoms with Gasteiger partial charge in [-0.15, -0.1) is 0 Å². The van der Waals surface area contributed by atoms with Gasteiger partial charge in [-0.3, -0.25) is 37.3 Å². The standard InChI is InChI=1S/C79H140O17P2/c1-5-9-13-17-21-25-29-33-36-40-43-47-51-55-59-63-76(81)89-69-74(95-78(83)65-61-57-53-49-45-39-32-28-24-20-16-12-8-4)71-93-97(85,86)91-67-73(80)68-92-98(87,88)94-72-75(96-79(84)66-62-58-54-50-46-42-38-35-31-27-23-19-15-11-7-3)70-90-77(82)64-60-56-52-48-44-41-37-34-30-26-22-18-14-10-6-2/h21-23,25-28,32-38,73-75,80H,5-20,24,29-31,39-72H2,1-4H3,(H,85,86)(H,87,88)/b25-21-,26-22-,27-23-,32-28-,36-33-,37-34-,38-35-. The van der Waals surface area contributed by atoms with Crippen LogP contribution in [-0.2, 0) is 65.4 Å². The van der Waals surface area contributed by atoms with Crippen molar-refractivity contribution >= 4 is 39.5 Å². The molecule has 0 aromatic carbocycles. The molecular formula is C79H140O17P2. The minimum atomic E-state index is -4.98. The molecule has 0 spiro atoms. The van der Waals surface area contributed by atoms with Crippen LogP contribution < -0.4 is 0 Å². The van der Waals surface area contributed by atoms with Crippen molar-refractivity contribution in [2.45, 2.75) is 354 Å². The van der Waals surface area contributed by atoms with Crippen molar-refractivity contribution in [3.63, 3.8) is 0 Å². The smallest absolute Gasteiger partial charge is 0.462 e. The van der Waals surface area contributed by atoms with Gasteiger partial charge < -0.3 is 33.8 Å². The van der Waals surface area contributed by atoms with Crippen molar-refractivity contribution in [3.8, 4) is 0 Å². The summed E-state index contributed by atoms with van der Waals surface area (Å²) < 4.78 is 68.5. The van der Waals surface area contributed by atoms with E-state index in [0.717, 1.165) is 173 Å². The molecular weight excluding hydrogens is 1280 g/mol. The third-order valence-electron chi connectivity index (χ3n) is 16.3. The van der Waals surface area contributed by atoms with Crippen LogP contribution in [0, 0.1) is 0 Å². The molecule has 0 aromatic heterocycles. The zero-order valence-corrected chi connectivity index (χ0v) is 63.7. The van der Waals surface area contributed by atoms with Crippen LogP contribution in [0.3, 0.4) is 0 Å². The number of rotatable bonds is 73. The fraction of sp³-hybridized carbons (Fsp3) is 0.772. The number of aliphatic hydroxyl groups is 1. The average Bonchev–Trinajstić information content (AvgIpc) is 1.04. The molecule has 0 saturated heterocycles. The van der Waals surface area contributed by atoms with Gasteiger partial charge in [0, 0.05) is 25.7 Å². The fourth-order valence-electron chi connectivity index (χ4n) is 10.3. The molecule has 98 heavy (non-hydrogen) atoms. The third-order valence-corrected chi connectivity index (χ3v) is 18.2. The van der Waals surface area contributed by atoms with E-state index >= 15 is 0 Å². The van der Waals surface area contributed by atoms with Gasteiger partial charge in [0.15, 0.2) is 12.2 Å². The summed E-state index contributed by atoms with van der Waals surface area (Å²) in [7, 11) is -9.96. The fourth-order valence-corrected chi connectivity index (χ4v) is 11.9. The van der Waals surface area contributed by atoms with Gasteiger partial charge in [-0.25, -0.2) is 9.13 Å². The normalized spacial score (nSPS) is 14.4. The van der Waals surface area contributed by atoms with Crippen LogP contribution in [0.2, 0.25) is 0 Å². The van der Waals surface area contributed by atoms with E-state index in [2.05, 4.69) is 113 Å². The van der Waals surface area contributed by atoms with Crippen molar-refractivity contribution in [1.29, 1.82) is 0 Å². The summed E-state index contributed by atoms with van der Waals surface area (Å²) >= 11 is 0.